The smallest absolute Gasteiger partial charge is 0.450 e. The van der Waals surface area contributed by atoms with E-state index < -0.39 is 136 Å². The van der Waals surface area contributed by atoms with E-state index in [-0.39, 0.29) is 81.6 Å². The number of aromatic amines is 1. The van der Waals surface area contributed by atoms with Crippen LogP contribution in [0.4, 0.5) is 26.3 Å². The second-order valence-corrected chi connectivity index (χ2v) is 26.6. The van der Waals surface area contributed by atoms with Crippen molar-refractivity contribution in [1.82, 2.24) is 4.98 Å². The summed E-state index contributed by atoms with van der Waals surface area (Å²) in [4.78, 5) is 202. The monoisotopic (exact) mass is 1710 g/mol. The van der Waals surface area contributed by atoms with Gasteiger partial charge in [0, 0.05) is 23.3 Å². The number of H-pyrrole nitrogens is 1. The van der Waals surface area contributed by atoms with Gasteiger partial charge in [0.05, 0.1) is 84.6 Å². The molecule has 0 saturated carbocycles. The number of esters is 2. The van der Waals surface area contributed by atoms with E-state index in [4.69, 9.17) is 16.3 Å². The number of thiophene rings is 1. The Bertz CT molecular complexity index is 4460. The van der Waals surface area contributed by atoms with Crippen LogP contribution in [0.25, 0.3) is 0 Å². The van der Waals surface area contributed by atoms with Crippen molar-refractivity contribution in [2.75, 3.05) is 27.9 Å². The molecule has 3 aromatic carbocycles. The van der Waals surface area contributed by atoms with E-state index in [0.717, 1.165) is 42.4 Å². The zero-order valence-electron chi connectivity index (χ0n) is 67.1. The molecule has 0 fully saturated rings. The lowest BCUT2D eigenvalue weighted by atomic mass is 9.80. The number of carbonyl (C=O) groups is 16. The van der Waals surface area contributed by atoms with Gasteiger partial charge in [0.2, 0.25) is 17.3 Å². The number of hydrogen-bond donors (Lipinski definition) is 1. The number of para-hydroxylation sites is 1. The van der Waals surface area contributed by atoms with Crippen molar-refractivity contribution in [1.29, 1.82) is 0 Å². The number of halogens is 7. The number of rotatable bonds is 41. The first kappa shape index (κ1) is 107. The number of methoxy groups -OCH3 is 3. The number of nitrogens with zero attached hydrogens (tertiary/aromatic N) is 1. The number of benzene rings is 3. The predicted molar refractivity (Wildman–Crippen MR) is 433 cm³/mol. The molecule has 0 saturated heterocycles. The number of ether oxygens (including phenoxy) is 3. The second-order valence-electron chi connectivity index (χ2n) is 25.1. The molecule has 6 aromatic rings. The Labute approximate surface area is 697 Å². The Hall–Kier alpha value is -12.7. The summed E-state index contributed by atoms with van der Waals surface area (Å²) in [5, 5.41) is 9.86. The van der Waals surface area contributed by atoms with Gasteiger partial charge in [-0.25, -0.2) is 4.79 Å². The van der Waals surface area contributed by atoms with Gasteiger partial charge in [0.15, 0.2) is 47.1 Å². The van der Waals surface area contributed by atoms with Gasteiger partial charge in [0.25, 0.3) is 5.09 Å². The number of furan rings is 1. The highest BCUT2D eigenvalue weighted by Crippen LogP contribution is 2.32. The SMILES string of the molecule is C=C(CC(C(=O)CO[N+](=O)[O-])C(=O)c1ccc[nH]1)C(=O)OC.C=CC(Cl)C(C(C)=O)C(=O)c1ccccc1OC.C=CC(c1ccccc1)C(C(C)=O)C(=O)CC(=O)OC.C=CCC(C(=O)c1ccco1)C(=O)C(F)(F)F.C=CCC(C(=O)c1cccs1)C(=O)C(F)(F)F.C=CCC(C(C)=O)C(C)=O.CC=CCC(C(C)=O)C(=O)c1ccccc1. The maximum Gasteiger partial charge on any atom is 0.450 e. The summed E-state index contributed by atoms with van der Waals surface area (Å²) in [6.45, 7) is 28.6. The number of aromatic nitrogens is 1. The van der Waals surface area contributed by atoms with Crippen molar-refractivity contribution in [3.8, 4) is 5.75 Å². The lowest BCUT2D eigenvalue weighted by molar-refractivity contribution is -0.754. The Morgan fingerprint density at radius 3 is 1.48 bits per heavy atom. The predicted octanol–water partition coefficient (Wildman–Crippen LogP) is 16.3. The van der Waals surface area contributed by atoms with Crippen LogP contribution in [0.3, 0.4) is 0 Å². The van der Waals surface area contributed by atoms with E-state index in [1.165, 1.54) is 85.4 Å². The molecule has 8 unspecified atom stereocenters. The molecule has 0 aliphatic carbocycles. The van der Waals surface area contributed by atoms with E-state index in [2.05, 4.69) is 63.2 Å². The molecule has 0 bridgehead atoms. The van der Waals surface area contributed by atoms with E-state index in [1.54, 1.807) is 78.2 Å². The number of hydrogen-bond acceptors (Lipinski definition) is 24. The molecular weight excluding hydrogens is 1620 g/mol. The van der Waals surface area contributed by atoms with Gasteiger partial charge in [-0.2, -0.15) is 26.3 Å². The first-order valence-electron chi connectivity index (χ1n) is 35.8. The molecule has 0 radical (unpaired) electrons. The maximum absolute atomic E-state index is 12.3. The Morgan fingerprint density at radius 2 is 1.07 bits per heavy atom. The van der Waals surface area contributed by atoms with E-state index >= 15 is 0 Å². The Morgan fingerprint density at radius 1 is 0.558 bits per heavy atom. The molecule has 120 heavy (non-hydrogen) atoms. The van der Waals surface area contributed by atoms with Gasteiger partial charge in [-0.05, 0) is 127 Å². The standard InChI is InChI=1S/C16H18O4.C14H15ClO3.C14H16O2.C13H14N2O7.C11H9F3O3.C11H9F3O2S.C8H12O2/c1-4-13(12-8-6-5-7-9-12)16(11(2)17)14(18)10-15(19)20-3;1-4-11(15)13(9(2)16)14(17)10-7-5-6-8-12(10)18-3;1-3-4-10-13(11(2)15)14(16)12-8-6-5-7-9-12;1-8(13(18)21-2)6-9(11(16)7-22-15(19)20)12(17)10-4-3-5-14-10;2*1-2-4-7(10(16)11(12,13)14)9(15)8-5-3-6-17-8;1-4-5-8(6(2)9)7(3)10/h4-9,13,16H,1,10H2,2-3H3;4-8,11,13H,1H2,2-3H3;3-9,13H,10H2,1-2H3;3-5,9,14H,1,6-7H2,2H3;2*2-3,5-7H,1,4H2;4,8H,1,5H2,2-3H3. The molecule has 25 nitrogen and oxygen atoms in total. The third-order valence-electron chi connectivity index (χ3n) is 16.6. The van der Waals surface area contributed by atoms with Gasteiger partial charge in [-0.15, -0.1) is 65.9 Å². The minimum Gasteiger partial charge on any atom is -0.496 e. The molecular formula is C87H93ClF6N2O23S. The van der Waals surface area contributed by atoms with Crippen molar-refractivity contribution >= 4 is 116 Å². The van der Waals surface area contributed by atoms with Gasteiger partial charge >= 0.3 is 24.3 Å². The molecule has 33 heteroatoms. The van der Waals surface area contributed by atoms with Gasteiger partial charge in [-0.1, -0.05) is 128 Å². The zero-order chi connectivity index (χ0) is 91.7. The van der Waals surface area contributed by atoms with Gasteiger partial charge in [0.1, 0.15) is 47.0 Å². The molecule has 6 rings (SSSR count). The Balaban J connectivity index is 0.00000139. The highest BCUT2D eigenvalue weighted by Gasteiger charge is 2.47. The number of allylic oxidation sites excluding steroid dienone is 7. The van der Waals surface area contributed by atoms with Gasteiger partial charge < -0.3 is 28.4 Å². The van der Waals surface area contributed by atoms with Crippen molar-refractivity contribution in [2.45, 2.75) is 104 Å². The number of nitrogens with one attached hydrogen (secondary N) is 1. The van der Waals surface area contributed by atoms with Crippen LogP contribution in [-0.2, 0) is 67.1 Å². The first-order chi connectivity index (χ1) is 56.4. The number of Topliss-reactive ketones (excluding diaryl/α,β-unsaturated/α-hetero) is 14. The molecule has 8 atom stereocenters. The molecule has 0 spiro atoms. The summed E-state index contributed by atoms with van der Waals surface area (Å²) in [5.41, 5.74) is 1.82. The average molecular weight is 1720 g/mol. The van der Waals surface area contributed by atoms with Crippen LogP contribution in [0.15, 0.2) is 231 Å². The highest BCUT2D eigenvalue weighted by molar-refractivity contribution is 7.12. The van der Waals surface area contributed by atoms with E-state index in [9.17, 15) is 113 Å². The van der Waals surface area contributed by atoms with Crippen molar-refractivity contribution in [2.24, 2.45) is 41.4 Å². The largest absolute Gasteiger partial charge is 0.496 e. The van der Waals surface area contributed by atoms with Crippen LogP contribution in [0.2, 0.25) is 0 Å². The molecule has 3 heterocycles. The quantitative estimate of drug-likeness (QED) is 0.00429. The van der Waals surface area contributed by atoms with Crippen molar-refractivity contribution in [3.05, 3.63) is 270 Å². The third kappa shape index (κ3) is 37.3. The normalized spacial score (nSPS) is 12.5. The summed E-state index contributed by atoms with van der Waals surface area (Å²) in [7, 11) is 3.81. The molecule has 0 amide bonds. The van der Waals surface area contributed by atoms with Crippen molar-refractivity contribution in [3.63, 3.8) is 0 Å². The summed E-state index contributed by atoms with van der Waals surface area (Å²) >= 11 is 6.98. The second kappa shape index (κ2) is 55.8. The minimum atomic E-state index is -5.05. The molecule has 1 N–H and O–H groups in total. The minimum absolute atomic E-state index is 0.0765. The van der Waals surface area contributed by atoms with Crippen LogP contribution < -0.4 is 4.74 Å². The maximum atomic E-state index is 12.3. The zero-order valence-corrected chi connectivity index (χ0v) is 68.7. The fourth-order valence-electron chi connectivity index (χ4n) is 10.5. The van der Waals surface area contributed by atoms with Crippen molar-refractivity contribution < 1.29 is 132 Å². The molecule has 0 aliphatic heterocycles. The topological polar surface area (TPSA) is 382 Å². The molecule has 0 aliphatic rings. The fourth-order valence-corrected chi connectivity index (χ4v) is 11.5. The van der Waals surface area contributed by atoms with E-state index in [1.807, 2.05) is 55.5 Å². The van der Waals surface area contributed by atoms with Gasteiger partial charge in [-0.3, -0.25) is 71.9 Å². The van der Waals surface area contributed by atoms with Crippen LogP contribution in [0.5, 0.6) is 5.75 Å². The van der Waals surface area contributed by atoms with E-state index in [0.29, 0.717) is 29.7 Å². The number of carbonyl (C=O) groups excluding carboxylic acids is 16. The highest BCUT2D eigenvalue weighted by atomic mass is 35.5. The molecule has 3 aromatic heterocycles. The van der Waals surface area contributed by atoms with Crippen LogP contribution in [0, 0.1) is 51.5 Å². The van der Waals surface area contributed by atoms with Crippen LogP contribution >= 0.6 is 22.9 Å². The lowest BCUT2D eigenvalue weighted by Crippen LogP contribution is -2.35. The molecule has 644 valence electrons. The fraction of sp³-hybridized carbons (Fsp3) is 0.310. The number of ketones is 14. The summed E-state index contributed by atoms with van der Waals surface area (Å²) in [6, 6.07) is 33.4. The lowest BCUT2D eigenvalue weighted by Gasteiger charge is -2.21. The van der Waals surface area contributed by atoms with Crippen LogP contribution in [0.1, 0.15) is 143 Å². The third-order valence-corrected chi connectivity index (χ3v) is 17.9. The van der Waals surface area contributed by atoms with Crippen LogP contribution in [-0.4, -0.2) is 149 Å². The first-order valence-corrected chi connectivity index (χ1v) is 37.1. The summed E-state index contributed by atoms with van der Waals surface area (Å²) < 4.78 is 92.4. The summed E-state index contributed by atoms with van der Waals surface area (Å²) in [6.07, 6.45) is 2.62. The average Bonchev–Trinajstić information content (AvgIpc) is 0.969. The Kier molecular flexibility index (Phi) is 49.9. The number of alkyl halides is 7. The summed E-state index contributed by atoms with van der Waals surface area (Å²) in [5.74, 6) is -18.4.